The number of ketones is 1. The van der Waals surface area contributed by atoms with Crippen LogP contribution in [-0.2, 0) is 23.8 Å². The summed E-state index contributed by atoms with van der Waals surface area (Å²) in [6.07, 6.45) is 8.79. The van der Waals surface area contributed by atoms with Gasteiger partial charge in [-0.2, -0.15) is 0 Å². The first kappa shape index (κ1) is 27.1. The summed E-state index contributed by atoms with van der Waals surface area (Å²) in [5.41, 5.74) is -1.01. The highest BCUT2D eigenvalue weighted by Crippen LogP contribution is 2.64. The number of carbonyl (C=O) groups is 2. The van der Waals surface area contributed by atoms with Gasteiger partial charge in [0.1, 0.15) is 17.3 Å². The van der Waals surface area contributed by atoms with E-state index in [-0.39, 0.29) is 29.9 Å². The van der Waals surface area contributed by atoms with Crippen molar-refractivity contribution in [3.8, 4) is 0 Å². The molecule has 0 aromatic heterocycles. The molecule has 0 amide bonds. The van der Waals surface area contributed by atoms with Crippen LogP contribution in [0.3, 0.4) is 0 Å². The first-order valence-electron chi connectivity index (χ1n) is 14.5. The molecule has 4 aliphatic rings. The van der Waals surface area contributed by atoms with E-state index in [1.165, 1.54) is 12.8 Å². The fraction of sp³-hybridized carbons (Fsp3) is 0.933. The summed E-state index contributed by atoms with van der Waals surface area (Å²) in [6, 6.07) is 0. The van der Waals surface area contributed by atoms with Gasteiger partial charge < -0.3 is 14.2 Å². The van der Waals surface area contributed by atoms with E-state index in [9.17, 15) is 9.59 Å². The molecule has 5 nitrogen and oxygen atoms in total. The van der Waals surface area contributed by atoms with Gasteiger partial charge in [-0.05, 0) is 74.0 Å². The Bertz CT molecular complexity index is 777. The van der Waals surface area contributed by atoms with E-state index in [0.29, 0.717) is 61.2 Å². The van der Waals surface area contributed by atoms with Gasteiger partial charge in [-0.1, -0.05) is 54.4 Å². The number of Topliss-reactive ketones (excluding diaryl/α,β-unsaturated/α-hetero) is 1. The van der Waals surface area contributed by atoms with E-state index in [4.69, 9.17) is 14.2 Å². The molecule has 0 aliphatic heterocycles. The molecular formula is C30H50O5. The third-order valence-electron chi connectivity index (χ3n) is 10.3. The Hall–Kier alpha value is -0.940. The van der Waals surface area contributed by atoms with Crippen LogP contribution in [0.15, 0.2) is 0 Å². The highest BCUT2D eigenvalue weighted by molar-refractivity contribution is 5.93. The number of rotatable bonds is 7. The zero-order valence-electron chi connectivity index (χ0n) is 23.3. The predicted octanol–water partition coefficient (Wildman–Crippen LogP) is 6.57. The molecule has 5 heteroatoms. The molecule has 0 bridgehead atoms. The van der Waals surface area contributed by atoms with Crippen LogP contribution in [0.5, 0.6) is 0 Å². The summed E-state index contributed by atoms with van der Waals surface area (Å²) in [5.74, 6) is 1.44. The van der Waals surface area contributed by atoms with Crippen LogP contribution in [0.2, 0.25) is 0 Å². The lowest BCUT2D eigenvalue weighted by atomic mass is 9.48. The van der Waals surface area contributed by atoms with Crippen molar-refractivity contribution < 1.29 is 23.8 Å². The van der Waals surface area contributed by atoms with Crippen LogP contribution in [-0.4, -0.2) is 36.9 Å². The summed E-state index contributed by atoms with van der Waals surface area (Å²) < 4.78 is 19.6. The maximum absolute atomic E-state index is 14.2. The molecule has 0 aromatic carbocycles. The number of hydrogen-bond acceptors (Lipinski definition) is 5. The van der Waals surface area contributed by atoms with E-state index >= 15 is 0 Å². The molecule has 35 heavy (non-hydrogen) atoms. The van der Waals surface area contributed by atoms with Crippen molar-refractivity contribution in [2.75, 3.05) is 7.11 Å². The second-order valence-corrected chi connectivity index (χ2v) is 13.3. The first-order chi connectivity index (χ1) is 16.5. The van der Waals surface area contributed by atoms with Crippen LogP contribution in [0.4, 0.5) is 0 Å². The van der Waals surface area contributed by atoms with Crippen molar-refractivity contribution in [3.05, 3.63) is 0 Å². The van der Waals surface area contributed by atoms with Gasteiger partial charge in [0.2, 0.25) is 0 Å². The highest BCUT2D eigenvalue weighted by atomic mass is 16.7. The van der Waals surface area contributed by atoms with E-state index in [1.807, 2.05) is 0 Å². The van der Waals surface area contributed by atoms with E-state index in [2.05, 4.69) is 41.5 Å². The average molecular weight is 491 g/mol. The number of hydrogen-bond donors (Lipinski definition) is 0. The average Bonchev–Trinajstić information content (AvgIpc) is 2.78. The minimum absolute atomic E-state index is 0.0412. The number of esters is 1. The van der Waals surface area contributed by atoms with Gasteiger partial charge in [-0.25, -0.2) is 0 Å². The van der Waals surface area contributed by atoms with Crippen molar-refractivity contribution in [1.82, 2.24) is 0 Å². The van der Waals surface area contributed by atoms with Crippen molar-refractivity contribution in [2.24, 2.45) is 46.8 Å². The lowest BCUT2D eigenvalue weighted by molar-refractivity contribution is -0.378. The van der Waals surface area contributed by atoms with Crippen LogP contribution >= 0.6 is 0 Å². The summed E-state index contributed by atoms with van der Waals surface area (Å²) in [4.78, 5) is 27.3. The van der Waals surface area contributed by atoms with Gasteiger partial charge in [-0.15, -0.1) is 0 Å². The molecule has 4 aliphatic carbocycles. The summed E-state index contributed by atoms with van der Waals surface area (Å²) in [6.45, 7) is 13.5. The lowest BCUT2D eigenvalue weighted by Crippen LogP contribution is -2.74. The number of ether oxygens (including phenoxy) is 3. The van der Waals surface area contributed by atoms with Crippen molar-refractivity contribution in [2.45, 2.75) is 124 Å². The normalized spacial score (nSPS) is 44.1. The van der Waals surface area contributed by atoms with Gasteiger partial charge in [-0.3, -0.25) is 9.59 Å². The van der Waals surface area contributed by atoms with Gasteiger partial charge >= 0.3 is 5.97 Å². The Morgan fingerprint density at radius 3 is 2.06 bits per heavy atom. The minimum Gasteiger partial charge on any atom is -0.461 e. The van der Waals surface area contributed by atoms with Crippen LogP contribution < -0.4 is 0 Å². The second kappa shape index (κ2) is 10.4. The summed E-state index contributed by atoms with van der Waals surface area (Å²) in [5, 5.41) is 0. The minimum atomic E-state index is -1.06. The van der Waals surface area contributed by atoms with Crippen molar-refractivity contribution in [1.29, 1.82) is 0 Å². The third kappa shape index (κ3) is 4.74. The molecule has 0 unspecified atom stereocenters. The molecule has 4 rings (SSSR count). The number of carbonyl (C=O) groups excluding carboxylic acids is 2. The molecule has 4 fully saturated rings. The Kier molecular flexibility index (Phi) is 8.08. The van der Waals surface area contributed by atoms with E-state index < -0.39 is 11.2 Å². The molecule has 0 aromatic rings. The number of fused-ring (bicyclic) bond motifs is 1. The Morgan fingerprint density at radius 1 is 0.914 bits per heavy atom. The lowest BCUT2D eigenvalue weighted by Gasteiger charge is -2.63. The summed E-state index contributed by atoms with van der Waals surface area (Å²) in [7, 11) is 1.67. The fourth-order valence-corrected chi connectivity index (χ4v) is 8.08. The zero-order valence-corrected chi connectivity index (χ0v) is 23.3. The quantitative estimate of drug-likeness (QED) is 0.298. The molecule has 9 atom stereocenters. The molecule has 0 spiro atoms. The first-order valence-corrected chi connectivity index (χ1v) is 14.5. The largest absolute Gasteiger partial charge is 0.461 e. The maximum Gasteiger partial charge on any atom is 0.318 e. The van der Waals surface area contributed by atoms with Crippen molar-refractivity contribution in [3.63, 3.8) is 0 Å². The Morgan fingerprint density at radius 2 is 1.49 bits per heavy atom. The second-order valence-electron chi connectivity index (χ2n) is 13.3. The van der Waals surface area contributed by atoms with Gasteiger partial charge in [0.05, 0.1) is 6.10 Å². The molecular weight excluding hydrogens is 440 g/mol. The smallest absolute Gasteiger partial charge is 0.318 e. The SMILES string of the molecule is CO[C@]1(O[C@@H]2C[C@H](C)CC[C@H]2C(C)C)C[C@H]2C(=O)CCC[C@]21C(=O)O[C@H]1C[C@@H](C)CC[C@@H]1C(C)C. The van der Waals surface area contributed by atoms with Gasteiger partial charge in [0.15, 0.2) is 5.79 Å². The zero-order chi connectivity index (χ0) is 25.5. The van der Waals surface area contributed by atoms with Crippen molar-refractivity contribution >= 4 is 11.8 Å². The molecule has 4 saturated carbocycles. The van der Waals surface area contributed by atoms with E-state index in [0.717, 1.165) is 25.7 Å². The van der Waals surface area contributed by atoms with Gasteiger partial charge in [0, 0.05) is 25.9 Å². The van der Waals surface area contributed by atoms with Crippen LogP contribution in [0, 0.1) is 46.8 Å². The molecule has 200 valence electrons. The highest BCUT2D eigenvalue weighted by Gasteiger charge is 2.76. The van der Waals surface area contributed by atoms with Crippen LogP contribution in [0.25, 0.3) is 0 Å². The summed E-state index contributed by atoms with van der Waals surface area (Å²) >= 11 is 0. The standard InChI is InChI=1S/C30H50O5/c1-18(2)22-12-10-20(5)15-26(22)34-28(32)29-14-8-9-25(31)24(29)17-30(29,33-7)35-27-16-21(6)11-13-23(27)19(3)4/h18-24,26-27H,8-17H2,1-7H3/t20-,21+,22+,23-,24-,26-,27+,29+,30-/m0/s1. The van der Waals surface area contributed by atoms with Gasteiger partial charge in [0.25, 0.3) is 0 Å². The van der Waals surface area contributed by atoms with E-state index in [1.54, 1.807) is 7.11 Å². The molecule has 0 N–H and O–H groups in total. The monoisotopic (exact) mass is 490 g/mol. The molecule has 0 saturated heterocycles. The topological polar surface area (TPSA) is 61.8 Å². The number of methoxy groups -OCH3 is 1. The third-order valence-corrected chi connectivity index (χ3v) is 10.3. The molecule has 0 heterocycles. The Labute approximate surface area is 213 Å². The molecule has 0 radical (unpaired) electrons. The maximum atomic E-state index is 14.2. The van der Waals surface area contributed by atoms with Crippen LogP contribution in [0.1, 0.15) is 106 Å². The Balaban J connectivity index is 1.64. The predicted molar refractivity (Wildman–Crippen MR) is 137 cm³/mol. The fourth-order valence-electron chi connectivity index (χ4n) is 8.08.